The second-order valence-corrected chi connectivity index (χ2v) is 2.10. The van der Waals surface area contributed by atoms with Crippen LogP contribution in [0.5, 0.6) is 5.75 Å². The van der Waals surface area contributed by atoms with Gasteiger partial charge in [0, 0.05) is 6.20 Å². The van der Waals surface area contributed by atoms with Gasteiger partial charge in [-0.1, -0.05) is 27.7 Å². The van der Waals surface area contributed by atoms with Crippen molar-refractivity contribution in [2.24, 2.45) is 0 Å². The third-order valence-electron chi connectivity index (χ3n) is 1.44. The van der Waals surface area contributed by atoms with E-state index < -0.39 is 0 Å². The van der Waals surface area contributed by atoms with Crippen LogP contribution in [0.2, 0.25) is 0 Å². The van der Waals surface area contributed by atoms with E-state index in [1.165, 1.54) is 6.20 Å². The Morgan fingerprint density at radius 3 is 1.77 bits per heavy atom. The van der Waals surface area contributed by atoms with E-state index in [2.05, 4.69) is 4.98 Å². The summed E-state index contributed by atoms with van der Waals surface area (Å²) >= 11 is 0. The molecule has 0 aliphatic carbocycles. The molecule has 0 aliphatic heterocycles. The van der Waals surface area contributed by atoms with Crippen molar-refractivity contribution in [3.8, 4) is 5.75 Å². The summed E-state index contributed by atoms with van der Waals surface area (Å²) in [5.74, 6) is 0.273. The highest BCUT2D eigenvalue weighted by Gasteiger charge is 1.95. The first-order chi connectivity index (χ1) is 6.22. The van der Waals surface area contributed by atoms with Crippen LogP contribution in [0.3, 0.4) is 0 Å². The van der Waals surface area contributed by atoms with Gasteiger partial charge in [-0.2, -0.15) is 0 Å². The number of aromatic nitrogens is 1. The highest BCUT2D eigenvalue weighted by Crippen LogP contribution is 2.15. The van der Waals surface area contributed by atoms with Crippen molar-refractivity contribution in [1.82, 2.24) is 4.98 Å². The summed E-state index contributed by atoms with van der Waals surface area (Å²) in [4.78, 5) is 3.79. The first-order valence-electron chi connectivity index (χ1n) is 4.82. The molecule has 0 amide bonds. The van der Waals surface area contributed by atoms with Crippen molar-refractivity contribution < 1.29 is 5.11 Å². The fraction of sp³-hybridized carbons (Fsp3) is 0.545. The predicted molar refractivity (Wildman–Crippen MR) is 58.1 cm³/mol. The lowest BCUT2D eigenvalue weighted by molar-refractivity contribution is 0.467. The van der Waals surface area contributed by atoms with E-state index in [4.69, 9.17) is 5.11 Å². The topological polar surface area (TPSA) is 33.1 Å². The molecule has 0 aliphatic rings. The highest BCUT2D eigenvalue weighted by molar-refractivity contribution is 5.33. The maximum Gasteiger partial charge on any atom is 0.137 e. The first-order valence-corrected chi connectivity index (χ1v) is 4.82. The SMILES string of the molecule is CC.CC.Cc1cncc(O)c1C. The summed E-state index contributed by atoms with van der Waals surface area (Å²) in [5, 5.41) is 9.04. The summed E-state index contributed by atoms with van der Waals surface area (Å²) in [6, 6.07) is 0. The minimum absolute atomic E-state index is 0.273. The monoisotopic (exact) mass is 183 g/mol. The van der Waals surface area contributed by atoms with Gasteiger partial charge in [0.25, 0.3) is 0 Å². The van der Waals surface area contributed by atoms with E-state index >= 15 is 0 Å². The minimum Gasteiger partial charge on any atom is -0.506 e. The molecule has 0 saturated heterocycles. The molecule has 1 aromatic rings. The van der Waals surface area contributed by atoms with E-state index in [1.54, 1.807) is 6.20 Å². The average Bonchev–Trinajstić information content (AvgIpc) is 2.20. The van der Waals surface area contributed by atoms with Crippen molar-refractivity contribution >= 4 is 0 Å². The van der Waals surface area contributed by atoms with E-state index in [-0.39, 0.29) is 5.75 Å². The summed E-state index contributed by atoms with van der Waals surface area (Å²) in [5.41, 5.74) is 1.93. The van der Waals surface area contributed by atoms with Crippen LogP contribution in [0.15, 0.2) is 12.4 Å². The van der Waals surface area contributed by atoms with E-state index in [1.807, 2.05) is 41.5 Å². The van der Waals surface area contributed by atoms with Gasteiger partial charge < -0.3 is 5.11 Å². The Bertz CT molecular complexity index is 201. The molecule has 2 heteroatoms. The van der Waals surface area contributed by atoms with Gasteiger partial charge in [-0.25, -0.2) is 0 Å². The smallest absolute Gasteiger partial charge is 0.137 e. The largest absolute Gasteiger partial charge is 0.506 e. The Hall–Kier alpha value is -1.05. The second-order valence-electron chi connectivity index (χ2n) is 2.10. The first kappa shape index (κ1) is 14.5. The highest BCUT2D eigenvalue weighted by atomic mass is 16.3. The lowest BCUT2D eigenvalue weighted by Crippen LogP contribution is -1.82. The molecule has 0 unspecified atom stereocenters. The fourth-order valence-corrected chi connectivity index (χ4v) is 0.615. The van der Waals surface area contributed by atoms with Gasteiger partial charge in [-0.15, -0.1) is 0 Å². The molecule has 0 fully saturated rings. The van der Waals surface area contributed by atoms with Crippen molar-refractivity contribution in [3.63, 3.8) is 0 Å². The molecule has 1 rings (SSSR count). The zero-order valence-electron chi connectivity index (χ0n) is 9.55. The zero-order valence-corrected chi connectivity index (χ0v) is 9.55. The van der Waals surface area contributed by atoms with Crippen LogP contribution in [0.25, 0.3) is 0 Å². The van der Waals surface area contributed by atoms with Crippen LogP contribution < -0.4 is 0 Å². The van der Waals surface area contributed by atoms with Crippen molar-refractivity contribution in [3.05, 3.63) is 23.5 Å². The normalized spacial score (nSPS) is 7.54. The number of rotatable bonds is 0. The lowest BCUT2D eigenvalue weighted by atomic mass is 10.2. The Morgan fingerprint density at radius 1 is 1.00 bits per heavy atom. The number of aromatic hydroxyl groups is 1. The summed E-state index contributed by atoms with van der Waals surface area (Å²) in [6.45, 7) is 11.8. The molecular weight excluding hydrogens is 162 g/mol. The van der Waals surface area contributed by atoms with Gasteiger partial charge in [0.15, 0.2) is 0 Å². The molecule has 0 spiro atoms. The van der Waals surface area contributed by atoms with Crippen molar-refractivity contribution in [2.45, 2.75) is 41.5 Å². The molecule has 76 valence electrons. The average molecular weight is 183 g/mol. The zero-order chi connectivity index (χ0) is 10.9. The quantitative estimate of drug-likeness (QED) is 0.668. The van der Waals surface area contributed by atoms with Crippen LogP contribution in [-0.4, -0.2) is 10.1 Å². The molecule has 2 nitrogen and oxygen atoms in total. The van der Waals surface area contributed by atoms with Crippen molar-refractivity contribution in [2.75, 3.05) is 0 Å². The van der Waals surface area contributed by atoms with Crippen LogP contribution in [-0.2, 0) is 0 Å². The summed E-state index contributed by atoms with van der Waals surface area (Å²) < 4.78 is 0. The predicted octanol–water partition coefficient (Wildman–Crippen LogP) is 3.46. The maximum absolute atomic E-state index is 9.04. The molecular formula is C11H21NO. The third-order valence-corrected chi connectivity index (χ3v) is 1.44. The Morgan fingerprint density at radius 2 is 1.46 bits per heavy atom. The molecule has 0 aromatic carbocycles. The van der Waals surface area contributed by atoms with Gasteiger partial charge in [0.2, 0.25) is 0 Å². The molecule has 13 heavy (non-hydrogen) atoms. The fourth-order valence-electron chi connectivity index (χ4n) is 0.615. The standard InChI is InChI=1S/C7H9NO.2C2H6/c1-5-3-8-4-7(9)6(5)2;2*1-2/h3-4,9H,1-2H3;2*1-2H3. The maximum atomic E-state index is 9.04. The molecule has 0 bridgehead atoms. The Kier molecular flexibility index (Phi) is 10.1. The molecule has 0 radical (unpaired) electrons. The van der Waals surface area contributed by atoms with Crippen LogP contribution in [0.1, 0.15) is 38.8 Å². The minimum atomic E-state index is 0.273. The molecule has 1 N–H and O–H groups in total. The van der Waals surface area contributed by atoms with Crippen LogP contribution in [0.4, 0.5) is 0 Å². The van der Waals surface area contributed by atoms with Crippen LogP contribution >= 0.6 is 0 Å². The number of hydrogen-bond donors (Lipinski definition) is 1. The van der Waals surface area contributed by atoms with Gasteiger partial charge in [0.05, 0.1) is 6.20 Å². The van der Waals surface area contributed by atoms with Gasteiger partial charge in [-0.05, 0) is 25.0 Å². The van der Waals surface area contributed by atoms with Gasteiger partial charge >= 0.3 is 0 Å². The van der Waals surface area contributed by atoms with Gasteiger partial charge in [-0.3, -0.25) is 4.98 Å². The van der Waals surface area contributed by atoms with E-state index in [9.17, 15) is 0 Å². The molecule has 1 aromatic heterocycles. The van der Waals surface area contributed by atoms with E-state index in [0.717, 1.165) is 11.1 Å². The van der Waals surface area contributed by atoms with Gasteiger partial charge in [0.1, 0.15) is 5.75 Å². The Balaban J connectivity index is 0. The third kappa shape index (κ3) is 5.23. The number of aryl methyl sites for hydroxylation is 1. The molecule has 0 saturated carbocycles. The number of hydrogen-bond acceptors (Lipinski definition) is 2. The number of pyridine rings is 1. The molecule has 0 atom stereocenters. The summed E-state index contributed by atoms with van der Waals surface area (Å²) in [7, 11) is 0. The number of nitrogens with zero attached hydrogens (tertiary/aromatic N) is 1. The van der Waals surface area contributed by atoms with Crippen LogP contribution in [0, 0.1) is 13.8 Å². The Labute approximate surface area is 81.6 Å². The van der Waals surface area contributed by atoms with E-state index in [0.29, 0.717) is 0 Å². The lowest BCUT2D eigenvalue weighted by Gasteiger charge is -1.98. The molecule has 1 heterocycles. The summed E-state index contributed by atoms with van der Waals surface area (Å²) in [6.07, 6.45) is 3.18. The van der Waals surface area contributed by atoms with Crippen molar-refractivity contribution in [1.29, 1.82) is 0 Å². The second kappa shape index (κ2) is 9.04.